The van der Waals surface area contributed by atoms with E-state index in [9.17, 15) is 9.59 Å². The fourth-order valence-electron chi connectivity index (χ4n) is 1.46. The fourth-order valence-corrected chi connectivity index (χ4v) is 1.46. The summed E-state index contributed by atoms with van der Waals surface area (Å²) in [5, 5.41) is 2.67. The van der Waals surface area contributed by atoms with E-state index in [0.29, 0.717) is 11.3 Å². The standard InChI is InChI=1S/C14H19NO2/c1-5-14(3,4)13(17)11-6-8-12(9-7-11)15-10(2)16/h6-9H,5H2,1-4H3,(H,15,16). The van der Waals surface area contributed by atoms with Crippen molar-refractivity contribution in [2.75, 3.05) is 5.32 Å². The van der Waals surface area contributed by atoms with Gasteiger partial charge in [-0.3, -0.25) is 9.59 Å². The summed E-state index contributed by atoms with van der Waals surface area (Å²) in [6, 6.07) is 7.01. The van der Waals surface area contributed by atoms with Crippen molar-refractivity contribution >= 4 is 17.4 Å². The predicted octanol–water partition coefficient (Wildman–Crippen LogP) is 3.26. The first-order chi connectivity index (χ1) is 7.86. The van der Waals surface area contributed by atoms with Crippen molar-refractivity contribution in [3.05, 3.63) is 29.8 Å². The number of hydrogen-bond donors (Lipinski definition) is 1. The molecule has 1 aromatic rings. The van der Waals surface area contributed by atoms with E-state index in [1.165, 1.54) is 6.92 Å². The summed E-state index contributed by atoms with van der Waals surface area (Å²) in [5.41, 5.74) is 1.06. The smallest absolute Gasteiger partial charge is 0.221 e. The molecule has 17 heavy (non-hydrogen) atoms. The number of ketones is 1. The topological polar surface area (TPSA) is 46.2 Å². The highest BCUT2D eigenvalue weighted by molar-refractivity contribution is 6.00. The van der Waals surface area contributed by atoms with E-state index in [4.69, 9.17) is 0 Å². The number of anilines is 1. The van der Waals surface area contributed by atoms with Crippen LogP contribution in [0.2, 0.25) is 0 Å². The molecule has 3 nitrogen and oxygen atoms in total. The summed E-state index contributed by atoms with van der Waals surface area (Å²) in [4.78, 5) is 23.0. The lowest BCUT2D eigenvalue weighted by Crippen LogP contribution is -2.23. The van der Waals surface area contributed by atoms with Gasteiger partial charge in [0.2, 0.25) is 5.91 Å². The number of nitrogens with one attached hydrogen (secondary N) is 1. The Bertz CT molecular complexity index is 418. The number of benzene rings is 1. The molecule has 0 aromatic heterocycles. The molecule has 0 unspecified atom stereocenters. The number of carbonyl (C=O) groups excluding carboxylic acids is 2. The second-order valence-electron chi connectivity index (χ2n) is 4.83. The Hall–Kier alpha value is -1.64. The molecular formula is C14H19NO2. The molecule has 0 bridgehead atoms. The molecule has 0 saturated heterocycles. The van der Waals surface area contributed by atoms with Gasteiger partial charge in [-0.25, -0.2) is 0 Å². The Morgan fingerprint density at radius 2 is 1.71 bits per heavy atom. The summed E-state index contributed by atoms with van der Waals surface area (Å²) < 4.78 is 0. The van der Waals surface area contributed by atoms with Crippen LogP contribution in [0.3, 0.4) is 0 Å². The van der Waals surface area contributed by atoms with Crippen molar-refractivity contribution < 1.29 is 9.59 Å². The highest BCUT2D eigenvalue weighted by Gasteiger charge is 2.26. The third-order valence-electron chi connectivity index (χ3n) is 2.97. The molecule has 1 rings (SSSR count). The zero-order chi connectivity index (χ0) is 13.1. The van der Waals surface area contributed by atoms with E-state index >= 15 is 0 Å². The van der Waals surface area contributed by atoms with Gasteiger partial charge in [0.05, 0.1) is 0 Å². The molecule has 1 N–H and O–H groups in total. The maximum absolute atomic E-state index is 12.1. The van der Waals surface area contributed by atoms with Gasteiger partial charge in [0.15, 0.2) is 5.78 Å². The normalized spacial score (nSPS) is 11.1. The van der Waals surface area contributed by atoms with E-state index in [1.807, 2.05) is 20.8 Å². The van der Waals surface area contributed by atoms with Crippen LogP contribution in [0.4, 0.5) is 5.69 Å². The Kier molecular flexibility index (Phi) is 4.05. The summed E-state index contributed by atoms with van der Waals surface area (Å²) in [6.07, 6.45) is 0.805. The summed E-state index contributed by atoms with van der Waals surface area (Å²) >= 11 is 0. The van der Waals surface area contributed by atoms with Crippen LogP contribution in [0, 0.1) is 5.41 Å². The van der Waals surface area contributed by atoms with E-state index < -0.39 is 0 Å². The molecule has 0 aliphatic rings. The highest BCUT2D eigenvalue weighted by Crippen LogP contribution is 2.26. The van der Waals surface area contributed by atoms with E-state index in [2.05, 4.69) is 5.32 Å². The Labute approximate surface area is 102 Å². The maximum atomic E-state index is 12.1. The summed E-state index contributed by atoms with van der Waals surface area (Å²) in [7, 11) is 0. The molecule has 1 amide bonds. The van der Waals surface area contributed by atoms with Crippen LogP contribution in [-0.4, -0.2) is 11.7 Å². The summed E-state index contributed by atoms with van der Waals surface area (Å²) in [6.45, 7) is 7.34. The van der Waals surface area contributed by atoms with Gasteiger partial charge < -0.3 is 5.32 Å². The van der Waals surface area contributed by atoms with Gasteiger partial charge in [0, 0.05) is 23.6 Å². The number of hydrogen-bond acceptors (Lipinski definition) is 2. The number of rotatable bonds is 4. The molecule has 0 saturated carbocycles. The van der Waals surface area contributed by atoms with Crippen molar-refractivity contribution in [1.29, 1.82) is 0 Å². The number of Topliss-reactive ketones (excluding diaryl/α,β-unsaturated/α-hetero) is 1. The van der Waals surface area contributed by atoms with Crippen molar-refractivity contribution in [2.24, 2.45) is 5.41 Å². The van der Waals surface area contributed by atoms with Crippen LogP contribution in [0.15, 0.2) is 24.3 Å². The average molecular weight is 233 g/mol. The van der Waals surface area contributed by atoms with Gasteiger partial charge in [0.1, 0.15) is 0 Å². The first kappa shape index (κ1) is 13.4. The minimum Gasteiger partial charge on any atom is -0.326 e. The second-order valence-corrected chi connectivity index (χ2v) is 4.83. The van der Waals surface area contributed by atoms with Gasteiger partial charge >= 0.3 is 0 Å². The second kappa shape index (κ2) is 5.13. The largest absolute Gasteiger partial charge is 0.326 e. The van der Waals surface area contributed by atoms with Crippen molar-refractivity contribution in [3.63, 3.8) is 0 Å². The Morgan fingerprint density at radius 1 is 1.18 bits per heavy atom. The zero-order valence-corrected chi connectivity index (χ0v) is 10.8. The third-order valence-corrected chi connectivity index (χ3v) is 2.97. The SMILES string of the molecule is CCC(C)(C)C(=O)c1ccc(NC(C)=O)cc1. The molecule has 3 heteroatoms. The first-order valence-electron chi connectivity index (χ1n) is 5.79. The van der Waals surface area contributed by atoms with Crippen molar-refractivity contribution in [2.45, 2.75) is 34.1 Å². The van der Waals surface area contributed by atoms with E-state index in [-0.39, 0.29) is 17.1 Å². The van der Waals surface area contributed by atoms with Gasteiger partial charge in [0.25, 0.3) is 0 Å². The van der Waals surface area contributed by atoms with Crippen LogP contribution in [-0.2, 0) is 4.79 Å². The molecule has 0 fully saturated rings. The minimum atomic E-state index is -0.338. The number of carbonyl (C=O) groups is 2. The lowest BCUT2D eigenvalue weighted by atomic mass is 9.82. The van der Waals surface area contributed by atoms with Gasteiger partial charge in [-0.2, -0.15) is 0 Å². The molecular weight excluding hydrogens is 214 g/mol. The van der Waals surface area contributed by atoms with E-state index in [1.54, 1.807) is 24.3 Å². The van der Waals surface area contributed by atoms with Crippen molar-refractivity contribution in [3.8, 4) is 0 Å². The molecule has 0 atom stereocenters. The fraction of sp³-hybridized carbons (Fsp3) is 0.429. The molecule has 0 aliphatic carbocycles. The lowest BCUT2D eigenvalue weighted by molar-refractivity contribution is -0.114. The van der Waals surface area contributed by atoms with Crippen LogP contribution in [0.5, 0.6) is 0 Å². The quantitative estimate of drug-likeness (QED) is 0.811. The monoisotopic (exact) mass is 233 g/mol. The predicted molar refractivity (Wildman–Crippen MR) is 69.1 cm³/mol. The average Bonchev–Trinajstić information content (AvgIpc) is 2.28. The minimum absolute atomic E-state index is 0.113. The lowest BCUT2D eigenvalue weighted by Gasteiger charge is -2.20. The number of amides is 1. The third kappa shape index (κ3) is 3.41. The summed E-state index contributed by atoms with van der Waals surface area (Å²) in [5.74, 6) is 0.0207. The van der Waals surface area contributed by atoms with Crippen molar-refractivity contribution in [1.82, 2.24) is 0 Å². The van der Waals surface area contributed by atoms with Gasteiger partial charge in [-0.05, 0) is 30.7 Å². The maximum Gasteiger partial charge on any atom is 0.221 e. The molecule has 0 aliphatic heterocycles. The van der Waals surface area contributed by atoms with Crippen LogP contribution in [0.25, 0.3) is 0 Å². The van der Waals surface area contributed by atoms with Crippen LogP contribution >= 0.6 is 0 Å². The molecule has 92 valence electrons. The molecule has 0 radical (unpaired) electrons. The van der Waals surface area contributed by atoms with Crippen LogP contribution < -0.4 is 5.32 Å². The molecule has 0 spiro atoms. The highest BCUT2D eigenvalue weighted by atomic mass is 16.1. The molecule has 1 aromatic carbocycles. The van der Waals surface area contributed by atoms with Crippen LogP contribution in [0.1, 0.15) is 44.5 Å². The Morgan fingerprint density at radius 3 is 2.12 bits per heavy atom. The Balaban J connectivity index is 2.88. The van der Waals surface area contributed by atoms with Gasteiger partial charge in [-0.15, -0.1) is 0 Å². The first-order valence-corrected chi connectivity index (χ1v) is 5.79. The van der Waals surface area contributed by atoms with E-state index in [0.717, 1.165) is 6.42 Å². The molecule has 0 heterocycles. The zero-order valence-electron chi connectivity index (χ0n) is 10.8. The van der Waals surface area contributed by atoms with Gasteiger partial charge in [-0.1, -0.05) is 20.8 Å².